The standard InChI is InChI=1S/C10H13FN2O2/c1-2-8(6-14)13-10(15)7-3-4-12-9(11)5-7/h3-5,8,14H,2,6H2,1H3,(H,13,15)/t8-/m1/s1. The third-order valence-corrected chi connectivity index (χ3v) is 2.04. The monoisotopic (exact) mass is 212 g/mol. The molecule has 1 rings (SSSR count). The van der Waals surface area contributed by atoms with Gasteiger partial charge in [0.05, 0.1) is 12.6 Å². The summed E-state index contributed by atoms with van der Waals surface area (Å²) >= 11 is 0. The van der Waals surface area contributed by atoms with Gasteiger partial charge in [0.1, 0.15) is 0 Å². The van der Waals surface area contributed by atoms with E-state index in [1.54, 1.807) is 0 Å². The predicted octanol–water partition coefficient (Wildman–Crippen LogP) is 0.721. The summed E-state index contributed by atoms with van der Waals surface area (Å²) in [4.78, 5) is 14.9. The van der Waals surface area contributed by atoms with Crippen LogP contribution in [0.1, 0.15) is 23.7 Å². The van der Waals surface area contributed by atoms with Gasteiger partial charge in [0.15, 0.2) is 0 Å². The van der Waals surface area contributed by atoms with Crippen LogP contribution in [0.3, 0.4) is 0 Å². The van der Waals surface area contributed by atoms with Crippen molar-refractivity contribution >= 4 is 5.91 Å². The van der Waals surface area contributed by atoms with Gasteiger partial charge in [-0.3, -0.25) is 4.79 Å². The molecule has 1 heterocycles. The van der Waals surface area contributed by atoms with E-state index in [9.17, 15) is 9.18 Å². The lowest BCUT2D eigenvalue weighted by Crippen LogP contribution is -2.36. The van der Waals surface area contributed by atoms with Gasteiger partial charge in [0, 0.05) is 17.8 Å². The molecule has 0 aliphatic rings. The van der Waals surface area contributed by atoms with E-state index in [2.05, 4.69) is 10.3 Å². The molecule has 0 saturated heterocycles. The molecule has 0 radical (unpaired) electrons. The molecule has 0 unspecified atom stereocenters. The van der Waals surface area contributed by atoms with Crippen molar-refractivity contribution in [2.45, 2.75) is 19.4 Å². The summed E-state index contributed by atoms with van der Waals surface area (Å²) in [6.07, 6.45) is 1.85. The zero-order chi connectivity index (χ0) is 11.3. The quantitative estimate of drug-likeness (QED) is 0.723. The van der Waals surface area contributed by atoms with Crippen molar-refractivity contribution in [1.29, 1.82) is 0 Å². The second-order valence-corrected chi connectivity index (χ2v) is 3.13. The second-order valence-electron chi connectivity index (χ2n) is 3.13. The summed E-state index contributed by atoms with van der Waals surface area (Å²) in [7, 11) is 0. The van der Waals surface area contributed by atoms with Gasteiger partial charge < -0.3 is 10.4 Å². The lowest BCUT2D eigenvalue weighted by atomic mass is 10.2. The zero-order valence-corrected chi connectivity index (χ0v) is 8.40. The largest absolute Gasteiger partial charge is 0.394 e. The number of aliphatic hydroxyl groups is 1. The van der Waals surface area contributed by atoms with Crippen LogP contribution in [-0.2, 0) is 0 Å². The van der Waals surface area contributed by atoms with Gasteiger partial charge in [0.2, 0.25) is 5.95 Å². The van der Waals surface area contributed by atoms with E-state index in [-0.39, 0.29) is 18.2 Å². The maximum Gasteiger partial charge on any atom is 0.251 e. The number of aromatic nitrogens is 1. The third-order valence-electron chi connectivity index (χ3n) is 2.04. The molecule has 0 aliphatic carbocycles. The van der Waals surface area contributed by atoms with Crippen molar-refractivity contribution in [3.05, 3.63) is 29.8 Å². The Labute approximate surface area is 87.1 Å². The molecule has 2 N–H and O–H groups in total. The number of rotatable bonds is 4. The first kappa shape index (κ1) is 11.6. The van der Waals surface area contributed by atoms with Crippen molar-refractivity contribution in [3.63, 3.8) is 0 Å². The Bertz CT molecular complexity index is 340. The molecule has 0 spiro atoms. The number of carbonyl (C=O) groups is 1. The third kappa shape index (κ3) is 3.28. The first-order valence-corrected chi connectivity index (χ1v) is 4.70. The summed E-state index contributed by atoms with van der Waals surface area (Å²) in [5.74, 6) is -1.10. The Hall–Kier alpha value is -1.49. The van der Waals surface area contributed by atoms with Crippen LogP contribution in [-0.4, -0.2) is 28.6 Å². The molecule has 4 nitrogen and oxygen atoms in total. The highest BCUT2D eigenvalue weighted by Gasteiger charge is 2.11. The predicted molar refractivity (Wildman–Crippen MR) is 52.8 cm³/mol. The highest BCUT2D eigenvalue weighted by Crippen LogP contribution is 2.01. The van der Waals surface area contributed by atoms with Gasteiger partial charge in [-0.25, -0.2) is 4.98 Å². The van der Waals surface area contributed by atoms with Crippen LogP contribution >= 0.6 is 0 Å². The van der Waals surface area contributed by atoms with Crippen LogP contribution in [0.5, 0.6) is 0 Å². The number of amides is 1. The average Bonchev–Trinajstić information content (AvgIpc) is 2.25. The summed E-state index contributed by atoms with van der Waals surface area (Å²) in [5.41, 5.74) is 0.203. The molecule has 0 saturated carbocycles. The first-order valence-electron chi connectivity index (χ1n) is 4.70. The van der Waals surface area contributed by atoms with Gasteiger partial charge in [-0.1, -0.05) is 6.92 Å². The van der Waals surface area contributed by atoms with Gasteiger partial charge in [0.25, 0.3) is 5.91 Å². The Kier molecular flexibility index (Phi) is 4.17. The zero-order valence-electron chi connectivity index (χ0n) is 8.40. The molecule has 0 bridgehead atoms. The lowest BCUT2D eigenvalue weighted by Gasteiger charge is -2.13. The molecule has 0 aliphatic heterocycles. The van der Waals surface area contributed by atoms with Crippen LogP contribution in [0, 0.1) is 5.95 Å². The molecule has 1 atom stereocenters. The summed E-state index contributed by atoms with van der Waals surface area (Å²) in [6, 6.07) is 2.18. The van der Waals surface area contributed by atoms with Gasteiger partial charge in [-0.15, -0.1) is 0 Å². The van der Waals surface area contributed by atoms with E-state index in [1.165, 1.54) is 12.3 Å². The molecule has 1 amide bonds. The smallest absolute Gasteiger partial charge is 0.251 e. The second kappa shape index (κ2) is 5.41. The van der Waals surface area contributed by atoms with Crippen LogP contribution in [0.4, 0.5) is 4.39 Å². The molecule has 0 aromatic carbocycles. The summed E-state index contributed by atoms with van der Waals surface area (Å²) < 4.78 is 12.7. The van der Waals surface area contributed by atoms with Crippen molar-refractivity contribution in [2.24, 2.45) is 0 Å². The minimum Gasteiger partial charge on any atom is -0.394 e. The number of pyridine rings is 1. The molecule has 1 aromatic heterocycles. The fourth-order valence-electron chi connectivity index (χ4n) is 1.09. The van der Waals surface area contributed by atoms with E-state index in [1.807, 2.05) is 6.92 Å². The van der Waals surface area contributed by atoms with Crippen molar-refractivity contribution in [2.75, 3.05) is 6.61 Å². The minimum atomic E-state index is -0.695. The number of carbonyl (C=O) groups excluding carboxylic acids is 1. The molecule has 0 fully saturated rings. The van der Waals surface area contributed by atoms with Crippen LogP contribution in [0.25, 0.3) is 0 Å². The average molecular weight is 212 g/mol. The van der Waals surface area contributed by atoms with Crippen LogP contribution in [0.15, 0.2) is 18.3 Å². The molecule has 15 heavy (non-hydrogen) atoms. The number of halogens is 1. The van der Waals surface area contributed by atoms with E-state index in [0.717, 1.165) is 6.07 Å². The van der Waals surface area contributed by atoms with Gasteiger partial charge in [-0.2, -0.15) is 4.39 Å². The SMILES string of the molecule is CC[C@H](CO)NC(=O)c1ccnc(F)c1. The van der Waals surface area contributed by atoms with Crippen molar-refractivity contribution < 1.29 is 14.3 Å². The van der Waals surface area contributed by atoms with E-state index in [4.69, 9.17) is 5.11 Å². The van der Waals surface area contributed by atoms with Crippen molar-refractivity contribution in [1.82, 2.24) is 10.3 Å². The first-order chi connectivity index (χ1) is 7.17. The number of hydrogen-bond acceptors (Lipinski definition) is 3. The lowest BCUT2D eigenvalue weighted by molar-refractivity contribution is 0.0914. The van der Waals surface area contributed by atoms with E-state index < -0.39 is 11.9 Å². The molecular formula is C10H13FN2O2. The highest BCUT2D eigenvalue weighted by molar-refractivity contribution is 5.94. The summed E-state index contributed by atoms with van der Waals surface area (Å²) in [6.45, 7) is 1.71. The van der Waals surface area contributed by atoms with Gasteiger partial charge in [-0.05, 0) is 12.5 Å². The Morgan fingerprint density at radius 1 is 1.73 bits per heavy atom. The fraction of sp³-hybridized carbons (Fsp3) is 0.400. The highest BCUT2D eigenvalue weighted by atomic mass is 19.1. The minimum absolute atomic E-state index is 0.129. The molecule has 5 heteroatoms. The maximum atomic E-state index is 12.7. The topological polar surface area (TPSA) is 62.2 Å². The fourth-order valence-corrected chi connectivity index (χ4v) is 1.09. The van der Waals surface area contributed by atoms with E-state index in [0.29, 0.717) is 6.42 Å². The summed E-state index contributed by atoms with van der Waals surface area (Å²) in [5, 5.41) is 11.5. The number of aliphatic hydroxyl groups excluding tert-OH is 1. The molecular weight excluding hydrogens is 199 g/mol. The molecule has 82 valence electrons. The number of hydrogen-bond donors (Lipinski definition) is 2. The Balaban J connectivity index is 2.68. The maximum absolute atomic E-state index is 12.7. The van der Waals surface area contributed by atoms with Crippen molar-refractivity contribution in [3.8, 4) is 0 Å². The van der Waals surface area contributed by atoms with E-state index >= 15 is 0 Å². The Morgan fingerprint density at radius 3 is 3.00 bits per heavy atom. The van der Waals surface area contributed by atoms with Crippen LogP contribution in [0.2, 0.25) is 0 Å². The normalized spacial score (nSPS) is 12.2. The molecule has 1 aromatic rings. The van der Waals surface area contributed by atoms with Gasteiger partial charge >= 0.3 is 0 Å². The number of nitrogens with zero attached hydrogens (tertiary/aromatic N) is 1. The van der Waals surface area contributed by atoms with Crippen LogP contribution < -0.4 is 5.32 Å². The number of nitrogens with one attached hydrogen (secondary N) is 1. The Morgan fingerprint density at radius 2 is 2.47 bits per heavy atom.